The third-order valence-electron chi connectivity index (χ3n) is 3.47. The molecule has 0 aliphatic carbocycles. The first-order valence-electron chi connectivity index (χ1n) is 7.43. The number of hydrogen-bond donors (Lipinski definition) is 0. The molecule has 116 valence electrons. The largest absolute Gasteiger partial charge is 0.353 e. The maximum absolute atomic E-state index is 5.79. The molecule has 1 fully saturated rings. The summed E-state index contributed by atoms with van der Waals surface area (Å²) < 4.78 is 13.0. The second-order valence-electron chi connectivity index (χ2n) is 5.04. The Hall–Kier alpha value is -2.12. The van der Waals surface area contributed by atoms with E-state index in [-0.39, 0.29) is 6.29 Å². The molecule has 3 rings (SSSR count). The molecule has 2 aromatic heterocycles. The van der Waals surface area contributed by atoms with Crippen molar-refractivity contribution < 1.29 is 9.47 Å². The Bertz CT molecular complexity index is 608. The molecule has 2 aromatic rings. The number of hydrogen-bond acceptors (Lipinski definition) is 6. The zero-order valence-corrected chi connectivity index (χ0v) is 12.4. The molecule has 0 aromatic carbocycles. The van der Waals surface area contributed by atoms with E-state index in [0.717, 1.165) is 37.3 Å². The lowest BCUT2D eigenvalue weighted by Crippen LogP contribution is -2.22. The van der Waals surface area contributed by atoms with E-state index in [4.69, 9.17) is 9.47 Å². The Balaban J connectivity index is 1.76. The number of allylic oxidation sites excluding steroid dienone is 1. The molecule has 0 saturated carbocycles. The van der Waals surface area contributed by atoms with Gasteiger partial charge in [-0.1, -0.05) is 11.3 Å². The van der Waals surface area contributed by atoms with Gasteiger partial charge in [0, 0.05) is 25.4 Å². The van der Waals surface area contributed by atoms with Crippen LogP contribution in [0, 0.1) is 0 Å². The van der Waals surface area contributed by atoms with Crippen molar-refractivity contribution in [2.45, 2.75) is 38.6 Å². The Labute approximate surface area is 129 Å². The second kappa shape index (κ2) is 7.24. The Kier molecular flexibility index (Phi) is 4.87. The van der Waals surface area contributed by atoms with Crippen LogP contribution in [-0.2, 0) is 22.5 Å². The molecular formula is C15H19N5O2. The van der Waals surface area contributed by atoms with Crippen LogP contribution >= 0.6 is 0 Å². The molecular weight excluding hydrogens is 282 g/mol. The molecule has 0 N–H and O–H groups in total. The molecule has 7 heteroatoms. The fourth-order valence-electron chi connectivity index (χ4n) is 2.36. The van der Waals surface area contributed by atoms with Gasteiger partial charge in [-0.2, -0.15) is 4.68 Å². The maximum atomic E-state index is 5.79. The first-order chi connectivity index (χ1) is 10.9. The molecule has 1 saturated heterocycles. The summed E-state index contributed by atoms with van der Waals surface area (Å²) in [6, 6.07) is 1.76. The molecule has 22 heavy (non-hydrogen) atoms. The number of aromatic nitrogens is 5. The van der Waals surface area contributed by atoms with Gasteiger partial charge in [0.05, 0.1) is 12.3 Å². The summed E-state index contributed by atoms with van der Waals surface area (Å²) >= 11 is 0. The van der Waals surface area contributed by atoms with Crippen molar-refractivity contribution >= 4 is 0 Å². The number of nitrogens with zero attached hydrogens (tertiary/aromatic N) is 5. The lowest BCUT2D eigenvalue weighted by Gasteiger charge is -2.22. The van der Waals surface area contributed by atoms with Crippen molar-refractivity contribution in [1.29, 1.82) is 0 Å². The van der Waals surface area contributed by atoms with Crippen LogP contribution in [0.4, 0.5) is 0 Å². The van der Waals surface area contributed by atoms with Gasteiger partial charge in [0.15, 0.2) is 6.29 Å². The predicted octanol–water partition coefficient (Wildman–Crippen LogP) is 1.83. The van der Waals surface area contributed by atoms with Crippen molar-refractivity contribution in [3.63, 3.8) is 0 Å². The SMILES string of the molecule is C=CCc1c(COC2CCCCO2)nnn1-c1ncccn1. The highest BCUT2D eigenvalue weighted by atomic mass is 16.7. The van der Waals surface area contributed by atoms with Crippen molar-refractivity contribution in [2.75, 3.05) is 6.61 Å². The van der Waals surface area contributed by atoms with E-state index in [1.165, 1.54) is 0 Å². The summed E-state index contributed by atoms with van der Waals surface area (Å²) in [5, 5.41) is 8.34. The van der Waals surface area contributed by atoms with Gasteiger partial charge in [-0.25, -0.2) is 9.97 Å². The smallest absolute Gasteiger partial charge is 0.252 e. The van der Waals surface area contributed by atoms with Gasteiger partial charge < -0.3 is 9.47 Å². The minimum absolute atomic E-state index is 0.150. The van der Waals surface area contributed by atoms with Gasteiger partial charge in [-0.15, -0.1) is 11.7 Å². The molecule has 0 radical (unpaired) electrons. The van der Waals surface area contributed by atoms with E-state index in [2.05, 4.69) is 26.9 Å². The van der Waals surface area contributed by atoms with Gasteiger partial charge >= 0.3 is 0 Å². The van der Waals surface area contributed by atoms with Crippen molar-refractivity contribution in [3.05, 3.63) is 42.5 Å². The van der Waals surface area contributed by atoms with Gasteiger partial charge in [0.25, 0.3) is 5.95 Å². The molecule has 1 atom stereocenters. The molecule has 1 unspecified atom stereocenters. The third kappa shape index (κ3) is 3.37. The van der Waals surface area contributed by atoms with Crippen LogP contribution in [0.5, 0.6) is 0 Å². The quantitative estimate of drug-likeness (QED) is 0.758. The van der Waals surface area contributed by atoms with Gasteiger partial charge in [0.2, 0.25) is 0 Å². The van der Waals surface area contributed by atoms with Crippen molar-refractivity contribution in [3.8, 4) is 5.95 Å². The van der Waals surface area contributed by atoms with Gasteiger partial charge in [-0.3, -0.25) is 0 Å². The Morgan fingerprint density at radius 2 is 2.23 bits per heavy atom. The van der Waals surface area contributed by atoms with Crippen LogP contribution in [0.25, 0.3) is 5.95 Å². The van der Waals surface area contributed by atoms with E-state index in [9.17, 15) is 0 Å². The van der Waals surface area contributed by atoms with E-state index in [1.807, 2.05) is 0 Å². The molecule has 0 bridgehead atoms. The minimum Gasteiger partial charge on any atom is -0.353 e. The summed E-state index contributed by atoms with van der Waals surface area (Å²) in [4.78, 5) is 8.41. The monoisotopic (exact) mass is 301 g/mol. The molecule has 1 aliphatic heterocycles. The second-order valence-corrected chi connectivity index (χ2v) is 5.04. The lowest BCUT2D eigenvalue weighted by molar-refractivity contribution is -0.169. The van der Waals surface area contributed by atoms with Crippen LogP contribution in [0.1, 0.15) is 30.7 Å². The van der Waals surface area contributed by atoms with Crippen LogP contribution in [-0.4, -0.2) is 37.9 Å². The van der Waals surface area contributed by atoms with Crippen LogP contribution in [0.2, 0.25) is 0 Å². The highest BCUT2D eigenvalue weighted by molar-refractivity contribution is 5.21. The van der Waals surface area contributed by atoms with Gasteiger partial charge in [-0.05, 0) is 25.3 Å². The summed E-state index contributed by atoms with van der Waals surface area (Å²) in [7, 11) is 0. The van der Waals surface area contributed by atoms with E-state index in [1.54, 1.807) is 29.2 Å². The maximum Gasteiger partial charge on any atom is 0.252 e. The molecule has 0 amide bonds. The van der Waals surface area contributed by atoms with Crippen LogP contribution in [0.3, 0.4) is 0 Å². The summed E-state index contributed by atoms with van der Waals surface area (Å²) in [6.07, 6.45) is 8.78. The van der Waals surface area contributed by atoms with E-state index in [0.29, 0.717) is 19.0 Å². The average Bonchev–Trinajstić information content (AvgIpc) is 2.98. The summed E-state index contributed by atoms with van der Waals surface area (Å²) in [6.45, 7) is 4.91. The Morgan fingerprint density at radius 3 is 2.95 bits per heavy atom. The van der Waals surface area contributed by atoms with E-state index >= 15 is 0 Å². The highest BCUT2D eigenvalue weighted by Gasteiger charge is 2.18. The zero-order valence-electron chi connectivity index (χ0n) is 12.4. The molecule has 0 spiro atoms. The first-order valence-corrected chi connectivity index (χ1v) is 7.43. The van der Waals surface area contributed by atoms with E-state index < -0.39 is 0 Å². The summed E-state index contributed by atoms with van der Waals surface area (Å²) in [5.74, 6) is 0.493. The molecule has 1 aliphatic rings. The number of rotatable bonds is 6. The molecule has 3 heterocycles. The van der Waals surface area contributed by atoms with Crippen molar-refractivity contribution in [2.24, 2.45) is 0 Å². The third-order valence-corrected chi connectivity index (χ3v) is 3.47. The average molecular weight is 301 g/mol. The highest BCUT2D eigenvalue weighted by Crippen LogP contribution is 2.17. The lowest BCUT2D eigenvalue weighted by atomic mass is 10.2. The molecule has 7 nitrogen and oxygen atoms in total. The van der Waals surface area contributed by atoms with Gasteiger partial charge in [0.1, 0.15) is 5.69 Å². The summed E-state index contributed by atoms with van der Waals surface area (Å²) in [5.41, 5.74) is 1.65. The topological polar surface area (TPSA) is 75.0 Å². The minimum atomic E-state index is -0.150. The zero-order chi connectivity index (χ0) is 15.2. The van der Waals surface area contributed by atoms with Crippen LogP contribution < -0.4 is 0 Å². The standard InChI is InChI=1S/C15H19N5O2/c1-2-6-13-12(11-22-14-7-3-4-10-21-14)18-19-20(13)15-16-8-5-9-17-15/h2,5,8-9,14H,1,3-4,6-7,10-11H2. The normalized spacial score (nSPS) is 18.3. The Morgan fingerprint density at radius 1 is 1.36 bits per heavy atom. The first kappa shape index (κ1) is 14.8. The van der Waals surface area contributed by atoms with Crippen molar-refractivity contribution in [1.82, 2.24) is 25.0 Å². The fraction of sp³-hybridized carbons (Fsp3) is 0.467. The fourth-order valence-corrected chi connectivity index (χ4v) is 2.36. The predicted molar refractivity (Wildman–Crippen MR) is 79.2 cm³/mol. The number of ether oxygens (including phenoxy) is 2. The van der Waals surface area contributed by atoms with Crippen LogP contribution in [0.15, 0.2) is 31.1 Å².